The first-order chi connectivity index (χ1) is 15.0. The molecular formula is C24H24N2O5. The van der Waals surface area contributed by atoms with Crippen LogP contribution in [-0.2, 0) is 27.2 Å². The predicted molar refractivity (Wildman–Crippen MR) is 117 cm³/mol. The Kier molecular flexibility index (Phi) is 6.87. The van der Waals surface area contributed by atoms with Gasteiger partial charge in [0, 0.05) is 18.3 Å². The number of aromatic nitrogens is 1. The molecule has 160 valence electrons. The highest BCUT2D eigenvalue weighted by Gasteiger charge is 2.27. The van der Waals surface area contributed by atoms with Crippen LogP contribution in [0.25, 0.3) is 11.6 Å². The monoisotopic (exact) mass is 420 g/mol. The van der Waals surface area contributed by atoms with Gasteiger partial charge in [-0.2, -0.15) is 0 Å². The molecule has 0 bridgehead atoms. The minimum Gasteiger partial charge on any atom is -0.480 e. The van der Waals surface area contributed by atoms with Gasteiger partial charge in [0.15, 0.2) is 6.61 Å². The molecule has 0 saturated carbocycles. The Labute approximate surface area is 180 Å². The summed E-state index contributed by atoms with van der Waals surface area (Å²) in [6.45, 7) is 1.59. The number of primary amides is 1. The molecule has 0 fully saturated rings. The summed E-state index contributed by atoms with van der Waals surface area (Å²) in [5.41, 5.74) is 8.57. The lowest BCUT2D eigenvalue weighted by atomic mass is 10.0. The molecule has 1 aromatic carbocycles. The summed E-state index contributed by atoms with van der Waals surface area (Å²) in [5.74, 6) is -2.10. The number of nitrogens with two attached hydrogens (primary N) is 1. The number of hydrogen-bond acceptors (Lipinski definition) is 5. The quantitative estimate of drug-likeness (QED) is 0.326. The summed E-state index contributed by atoms with van der Waals surface area (Å²) < 4.78 is 12.1. The van der Waals surface area contributed by atoms with Crippen LogP contribution in [0.2, 0.25) is 0 Å². The SMILES string of the molecule is CCc1c(C(=O)C(N)=O)c2c(OCC(=O)OC)cccn2c1C/C=C/c1ccccc1. The second kappa shape index (κ2) is 9.75. The van der Waals surface area contributed by atoms with Gasteiger partial charge in [0.25, 0.3) is 11.7 Å². The fourth-order valence-electron chi connectivity index (χ4n) is 3.54. The molecule has 0 spiro atoms. The molecule has 0 unspecified atom stereocenters. The molecule has 0 aliphatic carbocycles. The van der Waals surface area contributed by atoms with E-state index in [9.17, 15) is 14.4 Å². The maximum atomic E-state index is 12.7. The molecule has 7 nitrogen and oxygen atoms in total. The zero-order valence-electron chi connectivity index (χ0n) is 17.5. The number of rotatable bonds is 9. The fraction of sp³-hybridized carbons (Fsp3) is 0.208. The summed E-state index contributed by atoms with van der Waals surface area (Å²) >= 11 is 0. The third-order valence-corrected chi connectivity index (χ3v) is 4.93. The number of ketones is 1. The molecule has 2 aromatic heterocycles. The second-order valence-corrected chi connectivity index (χ2v) is 6.82. The van der Waals surface area contributed by atoms with Crippen LogP contribution in [0.4, 0.5) is 0 Å². The lowest BCUT2D eigenvalue weighted by Crippen LogP contribution is -2.24. The smallest absolute Gasteiger partial charge is 0.343 e. The largest absolute Gasteiger partial charge is 0.480 e. The fourth-order valence-corrected chi connectivity index (χ4v) is 3.54. The van der Waals surface area contributed by atoms with E-state index in [0.29, 0.717) is 24.1 Å². The van der Waals surface area contributed by atoms with Crippen LogP contribution in [0.3, 0.4) is 0 Å². The zero-order valence-corrected chi connectivity index (χ0v) is 17.5. The normalized spacial score (nSPS) is 11.0. The number of Topliss-reactive ketones (excluding diaryl/α,β-unsaturated/α-hetero) is 1. The topological polar surface area (TPSA) is 100 Å². The number of ether oxygens (including phenoxy) is 2. The number of esters is 1. The second-order valence-electron chi connectivity index (χ2n) is 6.82. The molecule has 2 heterocycles. The highest BCUT2D eigenvalue weighted by Crippen LogP contribution is 2.32. The van der Waals surface area contributed by atoms with Crippen LogP contribution in [0, 0.1) is 0 Å². The Hall–Kier alpha value is -3.87. The number of carbonyl (C=O) groups excluding carboxylic acids is 3. The van der Waals surface area contributed by atoms with Crippen LogP contribution in [0.15, 0.2) is 54.7 Å². The summed E-state index contributed by atoms with van der Waals surface area (Å²) in [5, 5.41) is 0. The van der Waals surface area contributed by atoms with E-state index in [1.807, 2.05) is 53.8 Å². The van der Waals surface area contributed by atoms with Crippen molar-refractivity contribution in [2.75, 3.05) is 13.7 Å². The Morgan fingerprint density at radius 1 is 1.10 bits per heavy atom. The predicted octanol–water partition coefficient (Wildman–Crippen LogP) is 2.98. The van der Waals surface area contributed by atoms with Crippen LogP contribution >= 0.6 is 0 Å². The van der Waals surface area contributed by atoms with Crippen molar-refractivity contribution in [1.29, 1.82) is 0 Å². The number of allylic oxidation sites excluding steroid dienone is 1. The molecule has 2 N–H and O–H groups in total. The van der Waals surface area contributed by atoms with Gasteiger partial charge < -0.3 is 19.6 Å². The van der Waals surface area contributed by atoms with Crippen LogP contribution in [0.1, 0.15) is 34.1 Å². The van der Waals surface area contributed by atoms with Gasteiger partial charge in [-0.25, -0.2) is 4.79 Å². The average molecular weight is 420 g/mol. The van der Waals surface area contributed by atoms with E-state index < -0.39 is 17.7 Å². The van der Waals surface area contributed by atoms with E-state index in [1.54, 1.807) is 18.3 Å². The van der Waals surface area contributed by atoms with Gasteiger partial charge in [-0.3, -0.25) is 9.59 Å². The lowest BCUT2D eigenvalue weighted by Gasteiger charge is -2.09. The van der Waals surface area contributed by atoms with Crippen LogP contribution in [-0.4, -0.2) is 35.8 Å². The van der Waals surface area contributed by atoms with Crippen LogP contribution in [0.5, 0.6) is 5.75 Å². The summed E-state index contributed by atoms with van der Waals surface area (Å²) in [4.78, 5) is 36.1. The van der Waals surface area contributed by atoms with Gasteiger partial charge in [-0.15, -0.1) is 0 Å². The van der Waals surface area contributed by atoms with Gasteiger partial charge >= 0.3 is 5.97 Å². The molecule has 0 aliphatic heterocycles. The molecule has 0 aliphatic rings. The maximum Gasteiger partial charge on any atom is 0.343 e. The highest BCUT2D eigenvalue weighted by atomic mass is 16.6. The van der Waals surface area contributed by atoms with Gasteiger partial charge in [0.2, 0.25) is 0 Å². The van der Waals surface area contributed by atoms with Gasteiger partial charge in [0.05, 0.1) is 18.2 Å². The van der Waals surface area contributed by atoms with Crippen molar-refractivity contribution in [2.24, 2.45) is 5.73 Å². The number of carbonyl (C=O) groups is 3. The standard InChI is InChI=1S/C24H24N2O5/c1-3-17-18(12-7-11-16-9-5-4-6-10-16)26-14-8-13-19(31-15-20(27)30-2)22(26)21(17)23(28)24(25)29/h4-11,13-14H,3,12,15H2,1-2H3,(H2,25,29)/b11-7+. The van der Waals surface area contributed by atoms with E-state index in [4.69, 9.17) is 10.5 Å². The zero-order chi connectivity index (χ0) is 22.4. The molecule has 3 aromatic rings. The van der Waals surface area contributed by atoms with Gasteiger partial charge in [0.1, 0.15) is 5.75 Å². The highest BCUT2D eigenvalue weighted by molar-refractivity contribution is 6.44. The summed E-state index contributed by atoms with van der Waals surface area (Å²) in [6, 6.07) is 13.2. The molecule has 7 heteroatoms. The van der Waals surface area contributed by atoms with Crippen molar-refractivity contribution in [3.63, 3.8) is 0 Å². The average Bonchev–Trinajstić information content (AvgIpc) is 3.11. The third-order valence-electron chi connectivity index (χ3n) is 4.93. The summed E-state index contributed by atoms with van der Waals surface area (Å²) in [7, 11) is 1.26. The van der Waals surface area contributed by atoms with Crippen molar-refractivity contribution in [2.45, 2.75) is 19.8 Å². The number of amides is 1. The number of hydrogen-bond donors (Lipinski definition) is 1. The molecule has 1 amide bonds. The van der Waals surface area contributed by atoms with Crippen molar-refractivity contribution >= 4 is 29.3 Å². The van der Waals surface area contributed by atoms with Crippen molar-refractivity contribution in [1.82, 2.24) is 4.40 Å². The number of benzene rings is 1. The Bertz CT molecular complexity index is 1150. The van der Waals surface area contributed by atoms with Crippen molar-refractivity contribution in [3.05, 3.63) is 77.1 Å². The van der Waals surface area contributed by atoms with Crippen molar-refractivity contribution in [3.8, 4) is 5.75 Å². The van der Waals surface area contributed by atoms with Gasteiger partial charge in [-0.05, 0) is 29.7 Å². The lowest BCUT2D eigenvalue weighted by molar-refractivity contribution is -0.142. The molecule has 3 rings (SSSR count). The summed E-state index contributed by atoms with van der Waals surface area (Å²) in [6.07, 6.45) is 6.82. The number of methoxy groups -OCH3 is 1. The van der Waals surface area contributed by atoms with Crippen molar-refractivity contribution < 1.29 is 23.9 Å². The van der Waals surface area contributed by atoms with E-state index in [-0.39, 0.29) is 12.2 Å². The minimum atomic E-state index is -1.05. The molecular weight excluding hydrogens is 396 g/mol. The number of fused-ring (bicyclic) bond motifs is 1. The molecule has 0 atom stereocenters. The Morgan fingerprint density at radius 2 is 1.84 bits per heavy atom. The van der Waals surface area contributed by atoms with E-state index >= 15 is 0 Å². The first kappa shape index (κ1) is 21.8. The molecule has 0 radical (unpaired) electrons. The van der Waals surface area contributed by atoms with E-state index in [1.165, 1.54) is 7.11 Å². The Balaban J connectivity index is 2.12. The minimum absolute atomic E-state index is 0.207. The number of nitrogens with zero attached hydrogens (tertiary/aromatic N) is 1. The maximum absolute atomic E-state index is 12.7. The van der Waals surface area contributed by atoms with Crippen LogP contribution < -0.4 is 10.5 Å². The third kappa shape index (κ3) is 4.66. The van der Waals surface area contributed by atoms with Gasteiger partial charge in [-0.1, -0.05) is 49.4 Å². The van der Waals surface area contributed by atoms with E-state index in [0.717, 1.165) is 16.8 Å². The van der Waals surface area contributed by atoms with E-state index in [2.05, 4.69) is 4.74 Å². The molecule has 0 saturated heterocycles. The number of pyridine rings is 1. The first-order valence-electron chi connectivity index (χ1n) is 9.88. The molecule has 31 heavy (non-hydrogen) atoms. The first-order valence-corrected chi connectivity index (χ1v) is 9.88. The Morgan fingerprint density at radius 3 is 2.48 bits per heavy atom.